The number of hydrogen-bond acceptors (Lipinski definition) is 4. The van der Waals surface area contributed by atoms with Crippen molar-refractivity contribution in [1.82, 2.24) is 4.98 Å². The normalized spacial score (nSPS) is 10.4. The minimum absolute atomic E-state index is 0.195. The molecule has 0 saturated carbocycles. The van der Waals surface area contributed by atoms with E-state index in [-0.39, 0.29) is 5.76 Å². The van der Waals surface area contributed by atoms with Crippen molar-refractivity contribution in [3.63, 3.8) is 0 Å². The second-order valence-electron chi connectivity index (χ2n) is 2.72. The number of aromatic nitrogens is 1. The molecule has 14 heavy (non-hydrogen) atoms. The summed E-state index contributed by atoms with van der Waals surface area (Å²) in [4.78, 5) is 15.3. The molecule has 0 aliphatic rings. The molecule has 0 aliphatic heterocycles. The summed E-state index contributed by atoms with van der Waals surface area (Å²) < 4.78 is 10.0. The highest BCUT2D eigenvalue weighted by molar-refractivity contribution is 5.91. The number of furan rings is 1. The number of carbonyl (C=O) groups excluding carboxylic acids is 1. The van der Waals surface area contributed by atoms with E-state index < -0.39 is 5.97 Å². The molecular formula is C10H9NO3. The van der Waals surface area contributed by atoms with Gasteiger partial charge < -0.3 is 9.15 Å². The van der Waals surface area contributed by atoms with Gasteiger partial charge in [-0.3, -0.25) is 4.98 Å². The maximum atomic E-state index is 11.3. The van der Waals surface area contributed by atoms with Crippen LogP contribution < -0.4 is 0 Å². The third kappa shape index (κ3) is 1.46. The Balaban J connectivity index is 2.40. The monoisotopic (exact) mass is 191 g/mol. The van der Waals surface area contributed by atoms with Crippen LogP contribution in [0.1, 0.15) is 17.5 Å². The first-order valence-corrected chi connectivity index (χ1v) is 4.33. The predicted molar refractivity (Wildman–Crippen MR) is 50.0 cm³/mol. The number of hydrogen-bond donors (Lipinski definition) is 0. The van der Waals surface area contributed by atoms with Gasteiger partial charge in [-0.1, -0.05) is 0 Å². The molecular weight excluding hydrogens is 182 g/mol. The van der Waals surface area contributed by atoms with E-state index in [9.17, 15) is 4.79 Å². The summed E-state index contributed by atoms with van der Waals surface area (Å²) in [7, 11) is 0. The lowest BCUT2D eigenvalue weighted by Gasteiger charge is -1.95. The van der Waals surface area contributed by atoms with Crippen LogP contribution in [0.5, 0.6) is 0 Å². The van der Waals surface area contributed by atoms with E-state index in [1.807, 2.05) is 0 Å². The third-order valence-electron chi connectivity index (χ3n) is 1.76. The van der Waals surface area contributed by atoms with Crippen LogP contribution >= 0.6 is 0 Å². The highest BCUT2D eigenvalue weighted by Gasteiger charge is 2.12. The van der Waals surface area contributed by atoms with Gasteiger partial charge in [-0.15, -0.1) is 0 Å². The molecule has 0 radical (unpaired) electrons. The molecule has 2 aromatic rings. The average Bonchev–Trinajstić information content (AvgIpc) is 2.61. The lowest BCUT2D eigenvalue weighted by molar-refractivity contribution is 0.0492. The zero-order valence-electron chi connectivity index (χ0n) is 7.69. The van der Waals surface area contributed by atoms with Crippen LogP contribution in [0.2, 0.25) is 0 Å². The lowest BCUT2D eigenvalue weighted by atomic mass is 10.4. The largest absolute Gasteiger partial charge is 0.460 e. The maximum absolute atomic E-state index is 11.3. The molecule has 72 valence electrons. The van der Waals surface area contributed by atoms with Crippen molar-refractivity contribution < 1.29 is 13.9 Å². The summed E-state index contributed by atoms with van der Waals surface area (Å²) in [6, 6.07) is 5.08. The van der Waals surface area contributed by atoms with Crippen molar-refractivity contribution >= 4 is 17.1 Å². The summed E-state index contributed by atoms with van der Waals surface area (Å²) in [5.74, 6) is -0.258. The number of rotatable bonds is 2. The molecule has 4 heteroatoms. The standard InChI is InChI=1S/C10H9NO3/c1-2-13-10(12)9-6-7-8(14-9)4-3-5-11-7/h3-6H,2H2,1H3. The van der Waals surface area contributed by atoms with Crippen LogP contribution in [0.25, 0.3) is 11.1 Å². The van der Waals surface area contributed by atoms with Gasteiger partial charge in [0.05, 0.1) is 6.61 Å². The maximum Gasteiger partial charge on any atom is 0.374 e. The molecule has 0 spiro atoms. The summed E-state index contributed by atoms with van der Waals surface area (Å²) in [5, 5.41) is 0. The van der Waals surface area contributed by atoms with Gasteiger partial charge in [-0.2, -0.15) is 0 Å². The van der Waals surface area contributed by atoms with Gasteiger partial charge in [0.25, 0.3) is 0 Å². The van der Waals surface area contributed by atoms with Gasteiger partial charge in [-0.05, 0) is 19.1 Å². The van der Waals surface area contributed by atoms with Gasteiger partial charge in [-0.25, -0.2) is 4.79 Å². The van der Waals surface area contributed by atoms with Crippen molar-refractivity contribution in [2.75, 3.05) is 6.61 Å². The Morgan fingerprint density at radius 2 is 2.50 bits per heavy atom. The molecule has 4 nitrogen and oxygen atoms in total. The molecule has 0 N–H and O–H groups in total. The first-order valence-electron chi connectivity index (χ1n) is 4.33. The van der Waals surface area contributed by atoms with Crippen LogP contribution in [0.3, 0.4) is 0 Å². The Kier molecular flexibility index (Phi) is 2.18. The van der Waals surface area contributed by atoms with Gasteiger partial charge in [0.15, 0.2) is 5.58 Å². The molecule has 2 heterocycles. The number of nitrogens with zero attached hydrogens (tertiary/aromatic N) is 1. The zero-order chi connectivity index (χ0) is 9.97. The van der Waals surface area contributed by atoms with E-state index in [0.717, 1.165) is 0 Å². The van der Waals surface area contributed by atoms with Crippen molar-refractivity contribution in [1.29, 1.82) is 0 Å². The molecule has 0 atom stereocenters. The molecule has 0 fully saturated rings. The molecule has 0 aromatic carbocycles. The van der Waals surface area contributed by atoms with E-state index in [2.05, 4.69) is 4.98 Å². The summed E-state index contributed by atoms with van der Waals surface area (Å²) in [5.41, 5.74) is 1.26. The van der Waals surface area contributed by atoms with Crippen molar-refractivity contribution in [2.24, 2.45) is 0 Å². The number of pyridine rings is 1. The van der Waals surface area contributed by atoms with Crippen molar-refractivity contribution in [2.45, 2.75) is 6.92 Å². The highest BCUT2D eigenvalue weighted by Crippen LogP contribution is 2.16. The quantitative estimate of drug-likeness (QED) is 0.681. The Hall–Kier alpha value is -1.84. The number of esters is 1. The van der Waals surface area contributed by atoms with Crippen molar-refractivity contribution in [3.05, 3.63) is 30.2 Å². The molecule has 2 rings (SSSR count). The van der Waals surface area contributed by atoms with Crippen molar-refractivity contribution in [3.8, 4) is 0 Å². The molecule has 0 unspecified atom stereocenters. The van der Waals surface area contributed by atoms with Crippen LogP contribution in [-0.4, -0.2) is 17.6 Å². The molecule has 2 aromatic heterocycles. The fourth-order valence-corrected chi connectivity index (χ4v) is 1.17. The Morgan fingerprint density at radius 3 is 3.21 bits per heavy atom. The van der Waals surface area contributed by atoms with Crippen LogP contribution in [0.4, 0.5) is 0 Å². The van der Waals surface area contributed by atoms with E-state index >= 15 is 0 Å². The topological polar surface area (TPSA) is 52.3 Å². The van der Waals surface area contributed by atoms with E-state index in [1.54, 1.807) is 31.3 Å². The third-order valence-corrected chi connectivity index (χ3v) is 1.76. The summed E-state index contributed by atoms with van der Waals surface area (Å²) >= 11 is 0. The second-order valence-corrected chi connectivity index (χ2v) is 2.72. The molecule has 0 amide bonds. The van der Waals surface area contributed by atoms with Gasteiger partial charge in [0.2, 0.25) is 5.76 Å². The fraction of sp³-hybridized carbons (Fsp3) is 0.200. The highest BCUT2D eigenvalue weighted by atomic mass is 16.5. The molecule has 0 bridgehead atoms. The van der Waals surface area contributed by atoms with Gasteiger partial charge in [0, 0.05) is 12.3 Å². The zero-order valence-corrected chi connectivity index (χ0v) is 7.69. The number of fused-ring (bicyclic) bond motifs is 1. The first-order chi connectivity index (χ1) is 6.81. The van der Waals surface area contributed by atoms with Gasteiger partial charge >= 0.3 is 5.97 Å². The van der Waals surface area contributed by atoms with Crippen LogP contribution in [0.15, 0.2) is 28.8 Å². The Bertz CT molecular complexity index is 428. The first kappa shape index (κ1) is 8.74. The van der Waals surface area contributed by atoms with Crippen LogP contribution in [0, 0.1) is 0 Å². The molecule has 0 saturated heterocycles. The molecule has 0 aliphatic carbocycles. The Labute approximate surface area is 80.5 Å². The average molecular weight is 191 g/mol. The fourth-order valence-electron chi connectivity index (χ4n) is 1.17. The number of ether oxygens (including phenoxy) is 1. The minimum atomic E-state index is -0.453. The number of carbonyl (C=O) groups is 1. The SMILES string of the molecule is CCOC(=O)c1cc2ncccc2o1. The van der Waals surface area contributed by atoms with Crippen LogP contribution in [-0.2, 0) is 4.74 Å². The summed E-state index contributed by atoms with van der Waals surface area (Å²) in [6.07, 6.45) is 1.65. The minimum Gasteiger partial charge on any atom is -0.460 e. The van der Waals surface area contributed by atoms with E-state index in [0.29, 0.717) is 17.7 Å². The van der Waals surface area contributed by atoms with E-state index in [1.165, 1.54) is 0 Å². The summed E-state index contributed by atoms with van der Waals surface area (Å²) in [6.45, 7) is 2.09. The van der Waals surface area contributed by atoms with Gasteiger partial charge in [0.1, 0.15) is 5.52 Å². The second kappa shape index (κ2) is 3.49. The lowest BCUT2D eigenvalue weighted by Crippen LogP contribution is -2.02. The smallest absolute Gasteiger partial charge is 0.374 e. The predicted octanol–water partition coefficient (Wildman–Crippen LogP) is 2.00. The Morgan fingerprint density at radius 1 is 1.64 bits per heavy atom. The van der Waals surface area contributed by atoms with E-state index in [4.69, 9.17) is 9.15 Å².